The number of rotatable bonds is 4. The van der Waals surface area contributed by atoms with Crippen molar-refractivity contribution in [2.45, 2.75) is 111 Å². The fraction of sp³-hybridized carbons (Fsp3) is 0.172. The summed E-state index contributed by atoms with van der Waals surface area (Å²) in [6, 6.07) is 102. The van der Waals surface area contributed by atoms with Crippen LogP contribution in [0.15, 0.2) is 335 Å². The second kappa shape index (κ2) is 42.6. The van der Waals surface area contributed by atoms with Crippen molar-refractivity contribution in [3.63, 3.8) is 0 Å². The monoisotopic (exact) mass is 1400 g/mol. The van der Waals surface area contributed by atoms with Crippen molar-refractivity contribution < 1.29 is 8.83 Å². The first-order valence-corrected chi connectivity index (χ1v) is 37.4. The number of nitrogens with zero attached hydrogens (tertiary/aromatic N) is 1. The van der Waals surface area contributed by atoms with Crippen LogP contribution in [-0.4, -0.2) is 4.57 Å². The molecule has 0 atom stereocenters. The van der Waals surface area contributed by atoms with Gasteiger partial charge in [0.05, 0.1) is 18.8 Å². The normalized spacial score (nSPS) is 9.97. The molecule has 5 heterocycles. The van der Waals surface area contributed by atoms with Crippen LogP contribution >= 0.6 is 22.7 Å². The lowest BCUT2D eigenvalue weighted by Gasteiger charge is -2.09. The highest BCUT2D eigenvalue weighted by Gasteiger charge is 2.07. The van der Waals surface area contributed by atoms with Gasteiger partial charge in [-0.25, -0.2) is 0 Å². The predicted molar refractivity (Wildman–Crippen MR) is 456 cm³/mol. The molecule has 0 bridgehead atoms. The maximum atomic E-state index is 4.83. The molecule has 0 fully saturated rings. The van der Waals surface area contributed by atoms with Crippen LogP contribution in [0, 0.1) is 111 Å². The second-order valence-corrected chi connectivity index (χ2v) is 28.4. The largest absolute Gasteiger partial charge is 0.472 e. The molecule has 0 saturated heterocycles. The molecule has 104 heavy (non-hydrogen) atoms. The highest BCUT2D eigenvalue weighted by Crippen LogP contribution is 2.30. The van der Waals surface area contributed by atoms with Crippen LogP contribution in [0.4, 0.5) is 0 Å². The lowest BCUT2D eigenvalue weighted by atomic mass is 9.95. The standard InChI is InChI=1S/C15H16.3C14H14.C13H11N.C9H12.2C5H6O.2C5H6S/c1-11-7-9-14(10-8-11)15-12(2)5-4-6-13(15)3;1-11-3-7-13(8-4-11)14-9-5-12(2)6-10-14;1-11-6-8-13(9-7-11)14-5-3-4-12(2)10-14;1-11-7-9-13(10-8-11)14-6-4-3-5-12(14)2;1-14-12-8-4-2-6-10(12)11-7-3-5-9-13(11)14;1-7-5-4-6-8(2)9(7)3;1-5-2-3-6-4-5;1-5-3-2-4-6-5;1-5-2-3-6-4-5;1-5-3-2-4-6-5/h4-10H,1-3H3;3*3-10H,1-2H3;2-9H,1H3;4-6H,1-3H3;4*2-4H,1H3. The van der Waals surface area contributed by atoms with E-state index in [4.69, 9.17) is 8.83 Å². The zero-order valence-corrected chi connectivity index (χ0v) is 65.9. The molecule has 0 spiro atoms. The van der Waals surface area contributed by atoms with Crippen molar-refractivity contribution in [3.05, 3.63) is 415 Å². The Balaban J connectivity index is 0.000000165. The maximum absolute atomic E-state index is 4.83. The summed E-state index contributed by atoms with van der Waals surface area (Å²) in [5.74, 6) is 0.968. The van der Waals surface area contributed by atoms with Crippen molar-refractivity contribution in [1.82, 2.24) is 4.57 Å². The average Bonchev–Trinajstić information content (AvgIpc) is 1.61. The number of aromatic nitrogens is 1. The zero-order chi connectivity index (χ0) is 74.8. The highest BCUT2D eigenvalue weighted by atomic mass is 32.1. The van der Waals surface area contributed by atoms with Crippen molar-refractivity contribution in [2.75, 3.05) is 0 Å². The number of aryl methyl sites for hydroxylation is 16. The van der Waals surface area contributed by atoms with E-state index in [1.165, 1.54) is 149 Å². The molecule has 0 saturated carbocycles. The second-order valence-electron chi connectivity index (χ2n) is 26.4. The number of para-hydroxylation sites is 2. The van der Waals surface area contributed by atoms with E-state index in [0.717, 1.165) is 5.76 Å². The molecule has 530 valence electrons. The first-order chi connectivity index (χ1) is 50.1. The summed E-state index contributed by atoms with van der Waals surface area (Å²) < 4.78 is 11.8. The number of fused-ring (bicyclic) bond motifs is 3. The first-order valence-electron chi connectivity index (χ1n) is 35.6. The lowest BCUT2D eigenvalue weighted by molar-refractivity contribution is 0.534. The fourth-order valence-electron chi connectivity index (χ4n) is 11.1. The quantitative estimate of drug-likeness (QED) is 0.176. The van der Waals surface area contributed by atoms with Crippen molar-refractivity contribution in [1.29, 1.82) is 0 Å². The van der Waals surface area contributed by atoms with E-state index in [1.807, 2.05) is 32.0 Å². The molecule has 16 aromatic rings. The molecule has 11 aromatic carbocycles. The van der Waals surface area contributed by atoms with Crippen LogP contribution in [0.25, 0.3) is 66.3 Å². The van der Waals surface area contributed by atoms with Crippen molar-refractivity contribution in [2.24, 2.45) is 7.05 Å². The summed E-state index contributed by atoms with van der Waals surface area (Å²) in [7, 11) is 2.12. The fourth-order valence-corrected chi connectivity index (χ4v) is 12.3. The summed E-state index contributed by atoms with van der Waals surface area (Å²) in [5, 5.41) is 8.96. The lowest BCUT2D eigenvalue weighted by Crippen LogP contribution is -1.87. The molecule has 5 heteroatoms. The molecule has 0 radical (unpaired) electrons. The molecule has 0 aliphatic heterocycles. The van der Waals surface area contributed by atoms with Gasteiger partial charge in [-0.2, -0.15) is 11.3 Å². The van der Waals surface area contributed by atoms with Crippen molar-refractivity contribution in [3.8, 4) is 44.5 Å². The Morgan fingerprint density at radius 2 is 0.731 bits per heavy atom. The third-order valence-electron chi connectivity index (χ3n) is 17.5. The van der Waals surface area contributed by atoms with Crippen LogP contribution in [-0.2, 0) is 7.05 Å². The maximum Gasteiger partial charge on any atom is 0.100 e. The van der Waals surface area contributed by atoms with Gasteiger partial charge in [-0.15, -0.1) is 11.3 Å². The van der Waals surface area contributed by atoms with Gasteiger partial charge in [0.25, 0.3) is 0 Å². The van der Waals surface area contributed by atoms with Crippen LogP contribution in [0.1, 0.15) is 88.5 Å². The topological polar surface area (TPSA) is 31.2 Å². The van der Waals surface area contributed by atoms with Gasteiger partial charge in [0.1, 0.15) is 5.76 Å². The number of benzene rings is 11. The molecule has 3 nitrogen and oxygen atoms in total. The Hall–Kier alpha value is -10.8. The van der Waals surface area contributed by atoms with E-state index < -0.39 is 0 Å². The summed E-state index contributed by atoms with van der Waals surface area (Å²) >= 11 is 3.52. The van der Waals surface area contributed by atoms with Gasteiger partial charge in [0.2, 0.25) is 0 Å². The predicted octanol–water partition coefficient (Wildman–Crippen LogP) is 29.4. The van der Waals surface area contributed by atoms with Crippen molar-refractivity contribution >= 4 is 44.5 Å². The minimum Gasteiger partial charge on any atom is -0.472 e. The number of hydrogen-bond donors (Lipinski definition) is 0. The average molecular weight is 1410 g/mol. The van der Waals surface area contributed by atoms with Crippen LogP contribution in [0.2, 0.25) is 0 Å². The summed E-state index contributed by atoms with van der Waals surface area (Å²) in [6.45, 7) is 33.7. The van der Waals surface area contributed by atoms with Crippen LogP contribution < -0.4 is 0 Å². The third kappa shape index (κ3) is 26.9. The Kier molecular flexibility index (Phi) is 32.9. The van der Waals surface area contributed by atoms with Crippen LogP contribution in [0.5, 0.6) is 0 Å². The molecule has 0 N–H and O–H groups in total. The SMILES string of the molecule is Cc1ccc(-c2c(C)cccc2C)cc1.Cc1ccc(-c2ccc(C)cc2)cc1.Cc1ccc(-c2cccc(C)c2)cc1.Cc1ccc(-c2ccccc2C)cc1.Cc1cccc(C)c1C.Cc1ccco1.Cc1cccs1.Cc1ccoc1.Cc1ccsc1.Cn1c2ccccc2c2ccccc21. The van der Waals surface area contributed by atoms with E-state index in [1.54, 1.807) is 41.5 Å². The number of thiophene rings is 2. The Morgan fingerprint density at radius 1 is 0.288 bits per heavy atom. The van der Waals surface area contributed by atoms with Gasteiger partial charge < -0.3 is 13.4 Å². The van der Waals surface area contributed by atoms with E-state index in [0.29, 0.717) is 0 Å². The Labute approximate surface area is 630 Å². The number of furan rings is 2. The molecule has 16 rings (SSSR count). The number of hydrogen-bond acceptors (Lipinski definition) is 4. The minimum atomic E-state index is 0.968. The van der Waals surface area contributed by atoms with Gasteiger partial charge in [-0.05, 0) is 258 Å². The van der Waals surface area contributed by atoms with E-state index in [2.05, 4.69) is 398 Å². The summed E-state index contributed by atoms with van der Waals surface area (Å²) in [5.41, 5.74) is 31.7. The third-order valence-corrected chi connectivity index (χ3v) is 19.1. The summed E-state index contributed by atoms with van der Waals surface area (Å²) in [4.78, 5) is 1.38. The molecule has 0 amide bonds. The highest BCUT2D eigenvalue weighted by molar-refractivity contribution is 7.09. The summed E-state index contributed by atoms with van der Waals surface area (Å²) in [6.07, 6.45) is 5.03. The molecular weight excluding hydrogens is 1300 g/mol. The molecule has 5 aromatic heterocycles. The minimum absolute atomic E-state index is 0.968. The molecule has 0 aliphatic carbocycles. The van der Waals surface area contributed by atoms with Gasteiger partial charge in [-0.3, -0.25) is 0 Å². The zero-order valence-electron chi connectivity index (χ0n) is 64.3. The Bertz CT molecular complexity index is 4750. The van der Waals surface area contributed by atoms with E-state index in [-0.39, 0.29) is 0 Å². The molecular formula is C99H105NO2S2. The van der Waals surface area contributed by atoms with E-state index in [9.17, 15) is 0 Å². The van der Waals surface area contributed by atoms with Crippen LogP contribution in [0.3, 0.4) is 0 Å². The molecule has 0 unspecified atom stereocenters. The van der Waals surface area contributed by atoms with Gasteiger partial charge in [0, 0.05) is 33.7 Å². The van der Waals surface area contributed by atoms with Gasteiger partial charge >= 0.3 is 0 Å². The smallest absolute Gasteiger partial charge is 0.100 e. The van der Waals surface area contributed by atoms with Gasteiger partial charge in [0.15, 0.2) is 0 Å². The molecule has 0 aliphatic rings. The van der Waals surface area contributed by atoms with Gasteiger partial charge in [-0.1, -0.05) is 282 Å². The first kappa shape index (κ1) is 80.5. The van der Waals surface area contributed by atoms with E-state index >= 15 is 0 Å². The Morgan fingerprint density at radius 3 is 1.08 bits per heavy atom.